The summed E-state index contributed by atoms with van der Waals surface area (Å²) in [5.41, 5.74) is -0.200. The lowest BCUT2D eigenvalue weighted by Gasteiger charge is -2.10. The molecule has 0 saturated heterocycles. The lowest BCUT2D eigenvalue weighted by Crippen LogP contribution is -2.17. The fraction of sp³-hybridized carbons (Fsp3) is 0.125. The number of halogens is 4. The summed E-state index contributed by atoms with van der Waals surface area (Å²) in [7, 11) is 0. The third-order valence-corrected chi connectivity index (χ3v) is 1.63. The molecule has 7 heteroatoms. The molecule has 0 heterocycles. The Balaban J connectivity index is 3.06. The number of hydrogen-bond donors (Lipinski definition) is 1. The lowest BCUT2D eigenvalue weighted by molar-refractivity contribution is -0.275. The SMILES string of the molecule is O=C(Cl)c1ccc(O)c(OC(F)(F)F)c1. The van der Waals surface area contributed by atoms with Crippen molar-refractivity contribution in [3.63, 3.8) is 0 Å². The minimum atomic E-state index is -4.94. The first kappa shape index (κ1) is 11.6. The molecule has 0 saturated carbocycles. The number of hydrogen-bond acceptors (Lipinski definition) is 3. The van der Waals surface area contributed by atoms with Gasteiger partial charge in [0.2, 0.25) is 0 Å². The largest absolute Gasteiger partial charge is 0.573 e. The van der Waals surface area contributed by atoms with E-state index in [0.717, 1.165) is 12.1 Å². The van der Waals surface area contributed by atoms with E-state index in [1.54, 1.807) is 0 Å². The molecule has 15 heavy (non-hydrogen) atoms. The predicted octanol–water partition coefficient (Wildman–Crippen LogP) is 2.67. The number of aromatic hydroxyl groups is 1. The molecule has 0 spiro atoms. The first-order valence-corrected chi connectivity index (χ1v) is 3.96. The van der Waals surface area contributed by atoms with Crippen LogP contribution in [0.3, 0.4) is 0 Å². The summed E-state index contributed by atoms with van der Waals surface area (Å²) in [6.07, 6.45) is -4.94. The van der Waals surface area contributed by atoms with E-state index >= 15 is 0 Å². The van der Waals surface area contributed by atoms with Crippen LogP contribution in [0.2, 0.25) is 0 Å². The highest BCUT2D eigenvalue weighted by molar-refractivity contribution is 6.67. The normalized spacial score (nSPS) is 11.2. The quantitative estimate of drug-likeness (QED) is 0.809. The smallest absolute Gasteiger partial charge is 0.504 e. The second-order valence-electron chi connectivity index (χ2n) is 2.50. The van der Waals surface area contributed by atoms with E-state index in [9.17, 15) is 18.0 Å². The van der Waals surface area contributed by atoms with Crippen molar-refractivity contribution >= 4 is 16.8 Å². The van der Waals surface area contributed by atoms with Gasteiger partial charge in [0.05, 0.1) is 0 Å². The molecule has 0 aromatic heterocycles. The van der Waals surface area contributed by atoms with Crippen LogP contribution in [0.25, 0.3) is 0 Å². The van der Waals surface area contributed by atoms with Crippen LogP contribution in [-0.2, 0) is 0 Å². The summed E-state index contributed by atoms with van der Waals surface area (Å²) < 4.78 is 38.9. The molecule has 0 fully saturated rings. The summed E-state index contributed by atoms with van der Waals surface area (Å²) in [5, 5.41) is 8.06. The first-order chi connectivity index (χ1) is 6.79. The van der Waals surface area contributed by atoms with E-state index < -0.39 is 23.1 Å². The molecule has 3 nitrogen and oxygen atoms in total. The van der Waals surface area contributed by atoms with E-state index in [0.29, 0.717) is 6.07 Å². The van der Waals surface area contributed by atoms with Crippen LogP contribution < -0.4 is 4.74 Å². The molecular formula is C8H4ClF3O3. The van der Waals surface area contributed by atoms with Gasteiger partial charge in [-0.3, -0.25) is 4.79 Å². The zero-order chi connectivity index (χ0) is 11.6. The average Bonchev–Trinajstić information content (AvgIpc) is 2.06. The van der Waals surface area contributed by atoms with Crippen LogP contribution >= 0.6 is 11.6 Å². The Kier molecular flexibility index (Phi) is 3.09. The van der Waals surface area contributed by atoms with Gasteiger partial charge >= 0.3 is 6.36 Å². The van der Waals surface area contributed by atoms with Crippen LogP contribution in [0.5, 0.6) is 11.5 Å². The van der Waals surface area contributed by atoms with Gasteiger partial charge in [-0.1, -0.05) is 0 Å². The maximum absolute atomic E-state index is 11.8. The Morgan fingerprint density at radius 3 is 2.47 bits per heavy atom. The van der Waals surface area contributed by atoms with Crippen molar-refractivity contribution in [3.05, 3.63) is 23.8 Å². The topological polar surface area (TPSA) is 46.5 Å². The third-order valence-electron chi connectivity index (χ3n) is 1.41. The number of phenols is 1. The van der Waals surface area contributed by atoms with Gasteiger partial charge in [0.1, 0.15) is 0 Å². The molecule has 0 bridgehead atoms. The number of carbonyl (C=O) groups is 1. The van der Waals surface area contributed by atoms with Crippen molar-refractivity contribution < 1.29 is 27.8 Å². The van der Waals surface area contributed by atoms with E-state index in [2.05, 4.69) is 4.74 Å². The summed E-state index contributed by atoms with van der Waals surface area (Å²) in [5.74, 6) is -1.59. The molecule has 1 aromatic carbocycles. The second-order valence-corrected chi connectivity index (χ2v) is 2.85. The van der Waals surface area contributed by atoms with Crippen LogP contribution in [0, 0.1) is 0 Å². The highest BCUT2D eigenvalue weighted by Crippen LogP contribution is 2.32. The Hall–Kier alpha value is -1.43. The minimum absolute atomic E-state index is 0.200. The van der Waals surface area contributed by atoms with E-state index in [4.69, 9.17) is 16.7 Å². The first-order valence-electron chi connectivity index (χ1n) is 3.58. The van der Waals surface area contributed by atoms with Crippen molar-refractivity contribution in [2.75, 3.05) is 0 Å². The zero-order valence-corrected chi connectivity index (χ0v) is 7.76. The van der Waals surface area contributed by atoms with Crippen molar-refractivity contribution in [1.29, 1.82) is 0 Å². The molecule has 1 N–H and O–H groups in total. The van der Waals surface area contributed by atoms with Gasteiger partial charge in [0.25, 0.3) is 5.24 Å². The Bertz CT molecular complexity index is 389. The standard InChI is InChI=1S/C8H4ClF3O3/c9-7(14)4-1-2-5(13)6(3-4)15-8(10,11)12/h1-3,13H. The van der Waals surface area contributed by atoms with Gasteiger partial charge in [-0.2, -0.15) is 0 Å². The molecule has 0 amide bonds. The van der Waals surface area contributed by atoms with Crippen molar-refractivity contribution in [3.8, 4) is 11.5 Å². The molecule has 0 aliphatic carbocycles. The number of alkyl halides is 3. The number of phenolic OH excluding ortho intramolecular Hbond substituents is 1. The molecule has 0 atom stereocenters. The minimum Gasteiger partial charge on any atom is -0.504 e. The molecule has 82 valence electrons. The molecular weight excluding hydrogens is 237 g/mol. The van der Waals surface area contributed by atoms with Gasteiger partial charge in [0.15, 0.2) is 11.5 Å². The van der Waals surface area contributed by atoms with Gasteiger partial charge in [-0.25, -0.2) is 0 Å². The molecule has 0 radical (unpaired) electrons. The fourth-order valence-electron chi connectivity index (χ4n) is 0.843. The highest BCUT2D eigenvalue weighted by atomic mass is 35.5. The molecule has 1 rings (SSSR count). The monoisotopic (exact) mass is 240 g/mol. The van der Waals surface area contributed by atoms with Crippen LogP contribution in [0.1, 0.15) is 10.4 Å². The fourth-order valence-corrected chi connectivity index (χ4v) is 0.960. The molecule has 1 aromatic rings. The second kappa shape index (κ2) is 3.98. The van der Waals surface area contributed by atoms with E-state index in [-0.39, 0.29) is 5.56 Å². The summed E-state index contributed by atoms with van der Waals surface area (Å²) in [4.78, 5) is 10.6. The average molecular weight is 241 g/mol. The number of carbonyl (C=O) groups excluding carboxylic acids is 1. The lowest BCUT2D eigenvalue weighted by atomic mass is 10.2. The van der Waals surface area contributed by atoms with Gasteiger partial charge in [-0.05, 0) is 29.8 Å². The Morgan fingerprint density at radius 2 is 2.00 bits per heavy atom. The maximum atomic E-state index is 11.8. The Morgan fingerprint density at radius 1 is 1.40 bits per heavy atom. The van der Waals surface area contributed by atoms with Crippen LogP contribution in [0.15, 0.2) is 18.2 Å². The highest BCUT2D eigenvalue weighted by Gasteiger charge is 2.32. The predicted molar refractivity (Wildman–Crippen MR) is 45.0 cm³/mol. The van der Waals surface area contributed by atoms with E-state index in [1.807, 2.05) is 0 Å². The van der Waals surface area contributed by atoms with Crippen LogP contribution in [0.4, 0.5) is 13.2 Å². The number of rotatable bonds is 2. The Labute approximate surface area is 87.0 Å². The van der Waals surface area contributed by atoms with E-state index in [1.165, 1.54) is 0 Å². The van der Waals surface area contributed by atoms with Gasteiger partial charge in [-0.15, -0.1) is 13.2 Å². The summed E-state index contributed by atoms with van der Waals surface area (Å²) in [6.45, 7) is 0. The number of ether oxygens (including phenoxy) is 1. The maximum Gasteiger partial charge on any atom is 0.573 e. The van der Waals surface area contributed by atoms with Crippen LogP contribution in [-0.4, -0.2) is 16.7 Å². The summed E-state index contributed by atoms with van der Waals surface area (Å²) >= 11 is 5.04. The third kappa shape index (κ3) is 3.32. The van der Waals surface area contributed by atoms with Crippen molar-refractivity contribution in [2.24, 2.45) is 0 Å². The molecule has 0 aliphatic rings. The van der Waals surface area contributed by atoms with Gasteiger partial charge < -0.3 is 9.84 Å². The van der Waals surface area contributed by atoms with Crippen molar-refractivity contribution in [1.82, 2.24) is 0 Å². The zero-order valence-electron chi connectivity index (χ0n) is 7.01. The van der Waals surface area contributed by atoms with Crippen molar-refractivity contribution in [2.45, 2.75) is 6.36 Å². The molecule has 0 aliphatic heterocycles. The number of benzene rings is 1. The van der Waals surface area contributed by atoms with Gasteiger partial charge in [0, 0.05) is 5.56 Å². The molecule has 0 unspecified atom stereocenters. The summed E-state index contributed by atoms with van der Waals surface area (Å²) in [6, 6.07) is 2.67.